The predicted octanol–water partition coefficient (Wildman–Crippen LogP) is 1.75. The highest BCUT2D eigenvalue weighted by molar-refractivity contribution is 6.32. The Kier molecular flexibility index (Phi) is 3.03. The van der Waals surface area contributed by atoms with Crippen molar-refractivity contribution >= 4 is 17.6 Å². The van der Waals surface area contributed by atoms with E-state index in [9.17, 15) is 4.79 Å². The van der Waals surface area contributed by atoms with Gasteiger partial charge in [-0.25, -0.2) is 0 Å². The van der Waals surface area contributed by atoms with Crippen LogP contribution < -0.4 is 10.5 Å². The average molecular weight is 242 g/mol. The summed E-state index contributed by atoms with van der Waals surface area (Å²) in [6.45, 7) is 0.650. The molecule has 0 saturated carbocycles. The van der Waals surface area contributed by atoms with Crippen LogP contribution in [0.1, 0.15) is 23.6 Å². The van der Waals surface area contributed by atoms with E-state index in [0.717, 1.165) is 18.4 Å². The van der Waals surface area contributed by atoms with Gasteiger partial charge in [-0.1, -0.05) is 11.6 Å². The molecule has 0 amide bonds. The van der Waals surface area contributed by atoms with Gasteiger partial charge in [0.15, 0.2) is 0 Å². The van der Waals surface area contributed by atoms with E-state index in [0.29, 0.717) is 22.9 Å². The average Bonchev–Trinajstić information content (AvgIpc) is 2.28. The number of aliphatic carboxylic acids is 1. The summed E-state index contributed by atoms with van der Waals surface area (Å²) in [6.07, 6.45) is 1.75. The van der Waals surface area contributed by atoms with Gasteiger partial charge in [-0.3, -0.25) is 4.79 Å². The molecule has 1 aliphatic heterocycles. The SMILES string of the molecule is NC(C(=O)O)c1cc(Cl)c2c(c1)CCCO2. The second-order valence-electron chi connectivity index (χ2n) is 3.76. The van der Waals surface area contributed by atoms with Crippen molar-refractivity contribution in [2.75, 3.05) is 6.61 Å². The molecule has 0 aliphatic carbocycles. The summed E-state index contributed by atoms with van der Waals surface area (Å²) in [4.78, 5) is 10.8. The molecule has 16 heavy (non-hydrogen) atoms. The molecule has 0 aromatic heterocycles. The van der Waals surface area contributed by atoms with E-state index >= 15 is 0 Å². The van der Waals surface area contributed by atoms with Crippen molar-refractivity contribution in [3.8, 4) is 5.75 Å². The number of nitrogens with two attached hydrogens (primary N) is 1. The minimum absolute atomic E-state index is 0.434. The number of carboxylic acid groups (broad SMARTS) is 1. The second-order valence-corrected chi connectivity index (χ2v) is 4.17. The van der Waals surface area contributed by atoms with Gasteiger partial charge in [0.2, 0.25) is 0 Å². The van der Waals surface area contributed by atoms with E-state index in [2.05, 4.69) is 0 Å². The zero-order chi connectivity index (χ0) is 11.7. The van der Waals surface area contributed by atoms with Crippen molar-refractivity contribution in [2.45, 2.75) is 18.9 Å². The zero-order valence-corrected chi connectivity index (χ0v) is 9.33. The fourth-order valence-electron chi connectivity index (χ4n) is 1.78. The first-order valence-electron chi connectivity index (χ1n) is 5.03. The van der Waals surface area contributed by atoms with Crippen molar-refractivity contribution in [3.63, 3.8) is 0 Å². The Bertz CT molecular complexity index is 433. The molecule has 5 heteroatoms. The van der Waals surface area contributed by atoms with Gasteiger partial charge in [-0.2, -0.15) is 0 Å². The lowest BCUT2D eigenvalue weighted by Gasteiger charge is -2.20. The van der Waals surface area contributed by atoms with Gasteiger partial charge in [-0.15, -0.1) is 0 Å². The van der Waals surface area contributed by atoms with Gasteiger partial charge >= 0.3 is 5.97 Å². The maximum Gasteiger partial charge on any atom is 0.325 e. The predicted molar refractivity (Wildman–Crippen MR) is 59.8 cm³/mol. The van der Waals surface area contributed by atoms with E-state index < -0.39 is 12.0 Å². The molecular formula is C11H12ClNO3. The minimum atomic E-state index is -1.06. The Morgan fingerprint density at radius 1 is 1.56 bits per heavy atom. The molecule has 0 spiro atoms. The van der Waals surface area contributed by atoms with Crippen LogP contribution in [0.2, 0.25) is 5.02 Å². The lowest BCUT2D eigenvalue weighted by molar-refractivity contribution is -0.138. The maximum atomic E-state index is 10.8. The monoisotopic (exact) mass is 241 g/mol. The molecule has 86 valence electrons. The Morgan fingerprint density at radius 2 is 2.31 bits per heavy atom. The van der Waals surface area contributed by atoms with Gasteiger partial charge in [-0.05, 0) is 36.1 Å². The first-order valence-corrected chi connectivity index (χ1v) is 5.41. The topological polar surface area (TPSA) is 72.6 Å². The molecule has 0 radical (unpaired) electrons. The number of hydrogen-bond acceptors (Lipinski definition) is 3. The number of ether oxygens (including phenoxy) is 1. The highest BCUT2D eigenvalue weighted by Gasteiger charge is 2.20. The van der Waals surface area contributed by atoms with Gasteiger partial charge in [0.25, 0.3) is 0 Å². The fourth-order valence-corrected chi connectivity index (χ4v) is 2.08. The molecule has 1 heterocycles. The molecule has 0 fully saturated rings. The van der Waals surface area contributed by atoms with Crippen LogP contribution in [-0.2, 0) is 11.2 Å². The van der Waals surface area contributed by atoms with Gasteiger partial charge in [0.1, 0.15) is 11.8 Å². The third-order valence-electron chi connectivity index (χ3n) is 2.60. The molecule has 3 N–H and O–H groups in total. The number of fused-ring (bicyclic) bond motifs is 1. The van der Waals surface area contributed by atoms with Crippen LogP contribution in [0, 0.1) is 0 Å². The standard InChI is InChI=1S/C11H12ClNO3/c12-8-5-7(9(13)11(14)15)4-6-2-1-3-16-10(6)8/h4-5,9H,1-3,13H2,(H,14,15). The summed E-state index contributed by atoms with van der Waals surface area (Å²) >= 11 is 6.02. The second kappa shape index (κ2) is 4.31. The Morgan fingerprint density at radius 3 is 3.00 bits per heavy atom. The van der Waals surface area contributed by atoms with Crippen LogP contribution in [0.25, 0.3) is 0 Å². The number of halogens is 1. The molecule has 1 unspecified atom stereocenters. The number of rotatable bonds is 2. The summed E-state index contributed by atoms with van der Waals surface area (Å²) in [5.74, 6) is -0.401. The van der Waals surface area contributed by atoms with E-state index in [1.165, 1.54) is 0 Å². The van der Waals surface area contributed by atoms with Crippen molar-refractivity contribution < 1.29 is 14.6 Å². The largest absolute Gasteiger partial charge is 0.492 e. The summed E-state index contributed by atoms with van der Waals surface area (Å²) in [6, 6.07) is 2.29. The highest BCUT2D eigenvalue weighted by Crippen LogP contribution is 2.35. The Hall–Kier alpha value is -1.26. The summed E-state index contributed by atoms with van der Waals surface area (Å²) < 4.78 is 5.43. The van der Waals surface area contributed by atoms with Crippen molar-refractivity contribution in [1.29, 1.82) is 0 Å². The molecule has 1 aromatic rings. The van der Waals surface area contributed by atoms with Gasteiger partial charge in [0.05, 0.1) is 11.6 Å². The highest BCUT2D eigenvalue weighted by atomic mass is 35.5. The Labute approximate surface area is 98.0 Å². The van der Waals surface area contributed by atoms with Crippen molar-refractivity contribution in [1.82, 2.24) is 0 Å². The zero-order valence-electron chi connectivity index (χ0n) is 8.57. The van der Waals surface area contributed by atoms with Crippen LogP contribution in [0.5, 0.6) is 5.75 Å². The molecule has 1 aliphatic rings. The van der Waals surface area contributed by atoms with E-state index in [1.54, 1.807) is 12.1 Å². The lowest BCUT2D eigenvalue weighted by Crippen LogP contribution is -2.21. The normalized spacial score (nSPS) is 16.1. The van der Waals surface area contributed by atoms with Crippen molar-refractivity contribution in [2.24, 2.45) is 5.73 Å². The summed E-state index contributed by atoms with van der Waals surface area (Å²) in [7, 11) is 0. The lowest BCUT2D eigenvalue weighted by atomic mass is 9.99. The summed E-state index contributed by atoms with van der Waals surface area (Å²) in [5, 5.41) is 9.27. The first kappa shape index (κ1) is 11.2. The Balaban J connectivity index is 2.42. The van der Waals surface area contributed by atoms with Gasteiger partial charge < -0.3 is 15.6 Å². The quantitative estimate of drug-likeness (QED) is 0.827. The molecule has 0 bridgehead atoms. The third-order valence-corrected chi connectivity index (χ3v) is 2.89. The maximum absolute atomic E-state index is 10.8. The van der Waals surface area contributed by atoms with Crippen molar-refractivity contribution in [3.05, 3.63) is 28.3 Å². The van der Waals surface area contributed by atoms with Crippen LogP contribution in [0.4, 0.5) is 0 Å². The van der Waals surface area contributed by atoms with E-state index in [-0.39, 0.29) is 0 Å². The summed E-state index contributed by atoms with van der Waals surface area (Å²) in [5.41, 5.74) is 6.99. The number of carbonyl (C=O) groups is 1. The van der Waals surface area contributed by atoms with Crippen LogP contribution >= 0.6 is 11.6 Å². The van der Waals surface area contributed by atoms with Crippen LogP contribution in [0.3, 0.4) is 0 Å². The third kappa shape index (κ3) is 1.99. The molecular weight excluding hydrogens is 230 g/mol. The van der Waals surface area contributed by atoms with E-state index in [1.807, 2.05) is 0 Å². The molecule has 0 saturated heterocycles. The van der Waals surface area contributed by atoms with Gasteiger partial charge in [0, 0.05) is 0 Å². The number of hydrogen-bond donors (Lipinski definition) is 2. The number of benzene rings is 1. The fraction of sp³-hybridized carbons (Fsp3) is 0.364. The molecule has 1 aromatic carbocycles. The smallest absolute Gasteiger partial charge is 0.325 e. The van der Waals surface area contributed by atoms with Crippen LogP contribution in [-0.4, -0.2) is 17.7 Å². The molecule has 4 nitrogen and oxygen atoms in total. The number of aryl methyl sites for hydroxylation is 1. The minimum Gasteiger partial charge on any atom is -0.492 e. The first-order chi connectivity index (χ1) is 7.59. The molecule has 2 rings (SSSR count). The van der Waals surface area contributed by atoms with E-state index in [4.69, 9.17) is 27.2 Å². The number of carboxylic acids is 1. The van der Waals surface area contributed by atoms with Crippen LogP contribution in [0.15, 0.2) is 12.1 Å². The molecule has 1 atom stereocenters.